The first-order valence-corrected chi connectivity index (χ1v) is 10.0. The summed E-state index contributed by atoms with van der Waals surface area (Å²) in [5.74, 6) is 0.171. The molecule has 0 aliphatic heterocycles. The average Bonchev–Trinajstić information content (AvgIpc) is 3.52. The van der Waals surface area contributed by atoms with Gasteiger partial charge in [-0.3, -0.25) is 4.90 Å². The molecule has 142 valence electrons. The van der Waals surface area contributed by atoms with Gasteiger partial charge < -0.3 is 0 Å². The van der Waals surface area contributed by atoms with E-state index in [9.17, 15) is 9.65 Å². The maximum Gasteiger partial charge on any atom is 0.123 e. The summed E-state index contributed by atoms with van der Waals surface area (Å²) >= 11 is 0. The van der Waals surface area contributed by atoms with E-state index in [1.54, 1.807) is 12.1 Å². The third kappa shape index (κ3) is 4.76. The minimum Gasteiger partial charge on any atom is -0.297 e. The summed E-state index contributed by atoms with van der Waals surface area (Å²) in [5.41, 5.74) is 1.83. The Balaban J connectivity index is 1.68. The van der Waals surface area contributed by atoms with Crippen LogP contribution in [0.25, 0.3) is 0 Å². The smallest absolute Gasteiger partial charge is 0.123 e. The van der Waals surface area contributed by atoms with Crippen LogP contribution in [0.5, 0.6) is 0 Å². The summed E-state index contributed by atoms with van der Waals surface area (Å²) < 4.78 is 13.4. The maximum absolute atomic E-state index is 13.4. The highest BCUT2D eigenvalue weighted by Crippen LogP contribution is 2.49. The molecule has 1 atom stereocenters. The van der Waals surface area contributed by atoms with E-state index in [-0.39, 0.29) is 5.82 Å². The molecule has 0 amide bonds. The molecule has 1 saturated carbocycles. The van der Waals surface area contributed by atoms with Crippen LogP contribution in [0.2, 0.25) is 0 Å². The van der Waals surface area contributed by atoms with E-state index in [1.807, 2.05) is 6.07 Å². The van der Waals surface area contributed by atoms with Crippen molar-refractivity contribution in [2.75, 3.05) is 6.54 Å². The lowest BCUT2D eigenvalue weighted by atomic mass is 9.73. The van der Waals surface area contributed by atoms with E-state index >= 15 is 0 Å². The molecule has 0 aromatic heterocycles. The molecule has 0 radical (unpaired) electrons. The molecule has 27 heavy (non-hydrogen) atoms. The Morgan fingerprint density at radius 2 is 1.78 bits per heavy atom. The molecule has 0 spiro atoms. The van der Waals surface area contributed by atoms with Crippen molar-refractivity contribution in [1.29, 1.82) is 5.26 Å². The number of rotatable bonds is 9. The molecule has 0 saturated heterocycles. The molecular weight excluding hydrogens is 335 g/mol. The van der Waals surface area contributed by atoms with Crippen molar-refractivity contribution in [3.63, 3.8) is 0 Å². The van der Waals surface area contributed by atoms with Crippen molar-refractivity contribution >= 4 is 0 Å². The highest BCUT2D eigenvalue weighted by Gasteiger charge is 2.46. The molecule has 0 heterocycles. The second kappa shape index (κ2) is 8.67. The van der Waals surface area contributed by atoms with Crippen LogP contribution in [-0.4, -0.2) is 17.5 Å². The fraction of sp³-hybridized carbons (Fsp3) is 0.458. The minimum absolute atomic E-state index is 0.241. The maximum atomic E-state index is 13.4. The van der Waals surface area contributed by atoms with Crippen LogP contribution in [-0.2, 0) is 12.0 Å². The Morgan fingerprint density at radius 1 is 1.11 bits per heavy atom. The van der Waals surface area contributed by atoms with Gasteiger partial charge in [-0.25, -0.2) is 4.39 Å². The Labute approximate surface area is 162 Å². The van der Waals surface area contributed by atoms with E-state index in [0.29, 0.717) is 12.0 Å². The van der Waals surface area contributed by atoms with Crippen molar-refractivity contribution in [1.82, 2.24) is 4.90 Å². The van der Waals surface area contributed by atoms with Crippen LogP contribution < -0.4 is 0 Å². The summed E-state index contributed by atoms with van der Waals surface area (Å²) in [6.07, 6.45) is 4.00. The van der Waals surface area contributed by atoms with Crippen molar-refractivity contribution in [3.8, 4) is 6.07 Å². The minimum atomic E-state index is -0.469. The van der Waals surface area contributed by atoms with Crippen LogP contribution in [0.1, 0.15) is 50.7 Å². The molecule has 0 bridgehead atoms. The van der Waals surface area contributed by atoms with Crippen LogP contribution in [0.15, 0.2) is 54.6 Å². The number of nitrogens with zero attached hydrogens (tertiary/aromatic N) is 2. The molecule has 1 aliphatic rings. The van der Waals surface area contributed by atoms with Gasteiger partial charge in [0.05, 0.1) is 11.5 Å². The molecule has 2 nitrogen and oxygen atoms in total. The quantitative estimate of drug-likeness (QED) is 0.572. The van der Waals surface area contributed by atoms with Gasteiger partial charge in [-0.15, -0.1) is 0 Å². The fourth-order valence-corrected chi connectivity index (χ4v) is 4.02. The molecular formula is C24H29FN2. The highest BCUT2D eigenvalue weighted by atomic mass is 19.1. The van der Waals surface area contributed by atoms with Gasteiger partial charge in [-0.1, -0.05) is 42.5 Å². The van der Waals surface area contributed by atoms with E-state index in [2.05, 4.69) is 49.1 Å². The summed E-state index contributed by atoms with van der Waals surface area (Å²) in [5, 5.41) is 10.1. The van der Waals surface area contributed by atoms with Gasteiger partial charge >= 0.3 is 0 Å². The second-order valence-electron chi connectivity index (χ2n) is 8.02. The van der Waals surface area contributed by atoms with Crippen molar-refractivity contribution in [3.05, 3.63) is 71.5 Å². The molecule has 3 heteroatoms. The summed E-state index contributed by atoms with van der Waals surface area (Å²) in [6, 6.07) is 20.2. The van der Waals surface area contributed by atoms with Gasteiger partial charge in [0.1, 0.15) is 5.82 Å². The zero-order chi connectivity index (χ0) is 19.3. The molecule has 0 N–H and O–H groups in total. The molecule has 1 fully saturated rings. The first-order chi connectivity index (χ1) is 13.0. The van der Waals surface area contributed by atoms with Gasteiger partial charge in [0.2, 0.25) is 0 Å². The molecule has 1 aliphatic carbocycles. The zero-order valence-corrected chi connectivity index (χ0v) is 16.4. The Kier molecular flexibility index (Phi) is 6.29. The molecule has 2 aromatic carbocycles. The van der Waals surface area contributed by atoms with E-state index in [0.717, 1.165) is 44.3 Å². The second-order valence-corrected chi connectivity index (χ2v) is 8.02. The molecule has 1 unspecified atom stereocenters. The Hall–Kier alpha value is -2.18. The lowest BCUT2D eigenvalue weighted by molar-refractivity contribution is 0.202. The number of halogens is 1. The Morgan fingerprint density at radius 3 is 2.33 bits per heavy atom. The van der Waals surface area contributed by atoms with Crippen LogP contribution in [0.3, 0.4) is 0 Å². The summed E-state index contributed by atoms with van der Waals surface area (Å²) in [4.78, 5) is 2.47. The first kappa shape index (κ1) is 19.6. The lowest BCUT2D eigenvalue weighted by Crippen LogP contribution is -2.33. The summed E-state index contributed by atoms with van der Waals surface area (Å²) in [7, 11) is 0. The van der Waals surface area contributed by atoms with Gasteiger partial charge in [-0.05, 0) is 75.3 Å². The standard InChI is InChI=1S/C24H29FN2/c1-19(2)27(17-20-7-4-3-5-8-20)16-6-15-24(18-26,21-9-10-21)22-11-13-23(25)14-12-22/h3-5,7-8,11-14,19,21H,6,9-10,15-17H2,1-2H3. The predicted molar refractivity (Wildman–Crippen MR) is 108 cm³/mol. The lowest BCUT2D eigenvalue weighted by Gasteiger charge is -2.31. The van der Waals surface area contributed by atoms with Crippen molar-refractivity contribution < 1.29 is 4.39 Å². The average molecular weight is 365 g/mol. The SMILES string of the molecule is CC(C)N(CCCC(C#N)(c1ccc(F)cc1)C1CC1)Cc1ccccc1. The predicted octanol–water partition coefficient (Wildman–Crippen LogP) is 5.69. The van der Waals surface area contributed by atoms with Crippen LogP contribution in [0.4, 0.5) is 4.39 Å². The van der Waals surface area contributed by atoms with E-state index in [4.69, 9.17) is 0 Å². The van der Waals surface area contributed by atoms with E-state index in [1.165, 1.54) is 17.7 Å². The van der Waals surface area contributed by atoms with Gasteiger partial charge in [0.15, 0.2) is 0 Å². The normalized spacial score (nSPS) is 16.3. The van der Waals surface area contributed by atoms with Gasteiger partial charge in [-0.2, -0.15) is 5.26 Å². The number of hydrogen-bond acceptors (Lipinski definition) is 2. The number of nitriles is 1. The van der Waals surface area contributed by atoms with Crippen LogP contribution >= 0.6 is 0 Å². The largest absolute Gasteiger partial charge is 0.297 e. The third-order valence-electron chi connectivity index (χ3n) is 5.81. The van der Waals surface area contributed by atoms with Crippen molar-refractivity contribution in [2.24, 2.45) is 5.92 Å². The first-order valence-electron chi connectivity index (χ1n) is 10.0. The summed E-state index contributed by atoms with van der Waals surface area (Å²) in [6.45, 7) is 6.34. The topological polar surface area (TPSA) is 27.0 Å². The Bertz CT molecular complexity index is 759. The van der Waals surface area contributed by atoms with Crippen molar-refractivity contribution in [2.45, 2.75) is 57.5 Å². The number of benzene rings is 2. The number of hydrogen-bond donors (Lipinski definition) is 0. The van der Waals surface area contributed by atoms with Crippen LogP contribution in [0, 0.1) is 23.1 Å². The highest BCUT2D eigenvalue weighted by molar-refractivity contribution is 5.35. The monoisotopic (exact) mass is 364 g/mol. The van der Waals surface area contributed by atoms with E-state index < -0.39 is 5.41 Å². The molecule has 3 rings (SSSR count). The third-order valence-corrected chi connectivity index (χ3v) is 5.81. The molecule has 2 aromatic rings. The fourth-order valence-electron chi connectivity index (χ4n) is 4.02. The zero-order valence-electron chi connectivity index (χ0n) is 16.4. The van der Waals surface area contributed by atoms with Gasteiger partial charge in [0, 0.05) is 12.6 Å². The van der Waals surface area contributed by atoms with Gasteiger partial charge in [0.25, 0.3) is 0 Å².